The summed E-state index contributed by atoms with van der Waals surface area (Å²) >= 11 is 1.30. The number of hydrogen-bond acceptors (Lipinski definition) is 3. The highest BCUT2D eigenvalue weighted by atomic mass is 32.2. The van der Waals surface area contributed by atoms with Gasteiger partial charge in [-0.05, 0) is 25.1 Å². The Hall–Kier alpha value is -1.75. The van der Waals surface area contributed by atoms with Gasteiger partial charge in [0, 0.05) is 4.90 Å². The summed E-state index contributed by atoms with van der Waals surface area (Å²) in [6, 6.07) is 7.28. The van der Waals surface area contributed by atoms with Crippen molar-refractivity contribution in [3.05, 3.63) is 36.4 Å². The molecule has 5 heteroatoms. The molecule has 1 rings (SSSR count). The van der Waals surface area contributed by atoms with E-state index in [1.807, 2.05) is 18.2 Å². The van der Waals surface area contributed by atoms with Crippen molar-refractivity contribution in [1.82, 2.24) is 0 Å². The lowest BCUT2D eigenvalue weighted by atomic mass is 10.3. The topological polar surface area (TPSA) is 72.2 Å². The SMILES string of the molecule is CC=CC(=O)Nc1ccccc1SCC(N)=O. The molecule has 0 aliphatic rings. The minimum atomic E-state index is -0.385. The molecule has 2 amide bonds. The summed E-state index contributed by atoms with van der Waals surface area (Å²) in [6.07, 6.45) is 3.10. The first-order chi connectivity index (χ1) is 8.13. The number of thioether (sulfide) groups is 1. The minimum absolute atomic E-state index is 0.191. The lowest BCUT2D eigenvalue weighted by molar-refractivity contribution is -0.115. The van der Waals surface area contributed by atoms with Crippen LogP contribution in [0.4, 0.5) is 5.69 Å². The lowest BCUT2D eigenvalue weighted by Crippen LogP contribution is -2.13. The Morgan fingerprint density at radius 3 is 2.76 bits per heavy atom. The van der Waals surface area contributed by atoms with Crippen LogP contribution in [0.25, 0.3) is 0 Å². The zero-order valence-corrected chi connectivity index (χ0v) is 10.3. The van der Waals surface area contributed by atoms with Gasteiger partial charge in [0.1, 0.15) is 0 Å². The van der Waals surface area contributed by atoms with E-state index in [1.165, 1.54) is 17.8 Å². The molecule has 17 heavy (non-hydrogen) atoms. The Bertz CT molecular complexity index is 444. The van der Waals surface area contributed by atoms with Gasteiger partial charge in [-0.1, -0.05) is 18.2 Å². The van der Waals surface area contributed by atoms with E-state index < -0.39 is 0 Å². The van der Waals surface area contributed by atoms with E-state index in [2.05, 4.69) is 5.32 Å². The van der Waals surface area contributed by atoms with Gasteiger partial charge < -0.3 is 11.1 Å². The van der Waals surface area contributed by atoms with Gasteiger partial charge in [-0.2, -0.15) is 0 Å². The van der Waals surface area contributed by atoms with Crippen LogP contribution in [0.5, 0.6) is 0 Å². The van der Waals surface area contributed by atoms with Crippen LogP contribution in [0.15, 0.2) is 41.3 Å². The number of allylic oxidation sites excluding steroid dienone is 1. The second-order valence-corrected chi connectivity index (χ2v) is 4.26. The predicted octanol–water partition coefficient (Wildman–Crippen LogP) is 1.78. The Morgan fingerprint density at radius 2 is 2.12 bits per heavy atom. The third-order valence-corrected chi connectivity index (χ3v) is 2.93. The molecular weight excluding hydrogens is 236 g/mol. The predicted molar refractivity (Wildman–Crippen MR) is 69.8 cm³/mol. The Balaban J connectivity index is 2.76. The fourth-order valence-corrected chi connectivity index (χ4v) is 1.92. The van der Waals surface area contributed by atoms with Crippen molar-refractivity contribution >= 4 is 29.3 Å². The molecule has 90 valence electrons. The molecule has 0 unspecified atom stereocenters. The molecule has 0 fully saturated rings. The molecule has 0 aliphatic carbocycles. The molecule has 0 aromatic heterocycles. The van der Waals surface area contributed by atoms with Crippen LogP contribution in [0.3, 0.4) is 0 Å². The maximum Gasteiger partial charge on any atom is 0.248 e. The van der Waals surface area contributed by atoms with E-state index in [0.717, 1.165) is 4.90 Å². The normalized spacial score (nSPS) is 10.4. The molecule has 0 aliphatic heterocycles. The second kappa shape index (κ2) is 6.75. The molecule has 0 atom stereocenters. The highest BCUT2D eigenvalue weighted by molar-refractivity contribution is 8.00. The number of para-hydroxylation sites is 1. The number of carbonyl (C=O) groups excluding carboxylic acids is 2. The summed E-state index contributed by atoms with van der Waals surface area (Å²) in [5, 5.41) is 2.74. The van der Waals surface area contributed by atoms with Crippen molar-refractivity contribution in [2.75, 3.05) is 11.1 Å². The number of anilines is 1. The van der Waals surface area contributed by atoms with E-state index in [9.17, 15) is 9.59 Å². The Labute approximate surface area is 104 Å². The van der Waals surface area contributed by atoms with Crippen LogP contribution in [-0.2, 0) is 9.59 Å². The molecule has 4 nitrogen and oxygen atoms in total. The molecule has 1 aromatic rings. The highest BCUT2D eigenvalue weighted by Crippen LogP contribution is 2.26. The molecule has 1 aromatic carbocycles. The third kappa shape index (κ3) is 4.74. The van der Waals surface area contributed by atoms with E-state index in [1.54, 1.807) is 19.1 Å². The summed E-state index contributed by atoms with van der Waals surface area (Å²) < 4.78 is 0. The Morgan fingerprint density at radius 1 is 1.41 bits per heavy atom. The average Bonchev–Trinajstić information content (AvgIpc) is 2.28. The van der Waals surface area contributed by atoms with Crippen LogP contribution in [0.2, 0.25) is 0 Å². The van der Waals surface area contributed by atoms with E-state index in [-0.39, 0.29) is 17.6 Å². The second-order valence-electron chi connectivity index (χ2n) is 3.24. The summed E-state index contributed by atoms with van der Waals surface area (Å²) in [5.41, 5.74) is 5.76. The van der Waals surface area contributed by atoms with E-state index in [4.69, 9.17) is 5.73 Å². The van der Waals surface area contributed by atoms with Gasteiger partial charge in [0.05, 0.1) is 11.4 Å². The molecular formula is C12H14N2O2S. The molecule has 0 saturated carbocycles. The van der Waals surface area contributed by atoms with Crippen molar-refractivity contribution in [2.24, 2.45) is 5.73 Å². The van der Waals surface area contributed by atoms with Crippen molar-refractivity contribution in [3.63, 3.8) is 0 Å². The molecule has 0 saturated heterocycles. The maximum atomic E-state index is 11.4. The standard InChI is InChI=1S/C12H14N2O2S/c1-2-5-12(16)14-9-6-3-4-7-10(9)17-8-11(13)15/h2-7H,8H2,1H3,(H2,13,15)(H,14,16). The zero-order chi connectivity index (χ0) is 12.7. The summed E-state index contributed by atoms with van der Waals surface area (Å²) in [6.45, 7) is 1.77. The van der Waals surface area contributed by atoms with Gasteiger partial charge in [0.2, 0.25) is 11.8 Å². The number of nitrogens with one attached hydrogen (secondary N) is 1. The van der Waals surface area contributed by atoms with E-state index >= 15 is 0 Å². The maximum absolute atomic E-state index is 11.4. The number of rotatable bonds is 5. The number of nitrogens with two attached hydrogens (primary N) is 1. The molecule has 0 radical (unpaired) electrons. The van der Waals surface area contributed by atoms with Gasteiger partial charge in [-0.3, -0.25) is 9.59 Å². The van der Waals surface area contributed by atoms with Crippen LogP contribution < -0.4 is 11.1 Å². The number of amides is 2. The molecule has 0 heterocycles. The highest BCUT2D eigenvalue weighted by Gasteiger charge is 2.05. The molecule has 0 spiro atoms. The first-order valence-electron chi connectivity index (χ1n) is 5.07. The van der Waals surface area contributed by atoms with Crippen LogP contribution in [0.1, 0.15) is 6.92 Å². The number of benzene rings is 1. The monoisotopic (exact) mass is 250 g/mol. The zero-order valence-electron chi connectivity index (χ0n) is 9.47. The number of carbonyl (C=O) groups is 2. The number of hydrogen-bond donors (Lipinski definition) is 2. The summed E-state index contributed by atoms with van der Waals surface area (Å²) in [7, 11) is 0. The lowest BCUT2D eigenvalue weighted by Gasteiger charge is -2.08. The Kier molecular flexibility index (Phi) is 5.29. The summed E-state index contributed by atoms with van der Waals surface area (Å²) in [5.74, 6) is -0.388. The van der Waals surface area contributed by atoms with Crippen LogP contribution in [0, 0.1) is 0 Å². The van der Waals surface area contributed by atoms with E-state index in [0.29, 0.717) is 5.69 Å². The molecule has 0 bridgehead atoms. The van der Waals surface area contributed by atoms with Gasteiger partial charge in [0.25, 0.3) is 0 Å². The van der Waals surface area contributed by atoms with Gasteiger partial charge in [-0.25, -0.2) is 0 Å². The fourth-order valence-electron chi connectivity index (χ4n) is 1.17. The van der Waals surface area contributed by atoms with Crippen molar-refractivity contribution in [3.8, 4) is 0 Å². The van der Waals surface area contributed by atoms with Crippen molar-refractivity contribution < 1.29 is 9.59 Å². The summed E-state index contributed by atoms with van der Waals surface area (Å²) in [4.78, 5) is 22.9. The van der Waals surface area contributed by atoms with Crippen LogP contribution in [-0.4, -0.2) is 17.6 Å². The van der Waals surface area contributed by atoms with Gasteiger partial charge in [0.15, 0.2) is 0 Å². The third-order valence-electron chi connectivity index (χ3n) is 1.83. The average molecular weight is 250 g/mol. The van der Waals surface area contributed by atoms with Gasteiger partial charge in [-0.15, -0.1) is 11.8 Å². The van der Waals surface area contributed by atoms with Crippen molar-refractivity contribution in [1.29, 1.82) is 0 Å². The van der Waals surface area contributed by atoms with Crippen molar-refractivity contribution in [2.45, 2.75) is 11.8 Å². The quantitative estimate of drug-likeness (QED) is 0.618. The minimum Gasteiger partial charge on any atom is -0.369 e. The van der Waals surface area contributed by atoms with Crippen LogP contribution >= 0.6 is 11.8 Å². The first-order valence-corrected chi connectivity index (χ1v) is 6.06. The molecule has 3 N–H and O–H groups in total. The number of primary amides is 1. The fraction of sp³-hybridized carbons (Fsp3) is 0.167. The largest absolute Gasteiger partial charge is 0.369 e. The smallest absolute Gasteiger partial charge is 0.248 e. The first kappa shape index (κ1) is 13.3. The van der Waals surface area contributed by atoms with Gasteiger partial charge >= 0.3 is 0 Å².